The smallest absolute Gasteiger partial charge is 0.309 e. The highest BCUT2D eigenvalue weighted by Crippen LogP contribution is 2.38. The molecule has 1 heterocycles. The lowest BCUT2D eigenvalue weighted by atomic mass is 9.82. The molecule has 1 atom stereocenters. The van der Waals surface area contributed by atoms with Crippen molar-refractivity contribution in [1.29, 1.82) is 0 Å². The van der Waals surface area contributed by atoms with Gasteiger partial charge in [-0.15, -0.1) is 0 Å². The fraction of sp³-hybridized carbons (Fsp3) is 0.263. The van der Waals surface area contributed by atoms with E-state index in [1.165, 1.54) is 35.2 Å². The van der Waals surface area contributed by atoms with Crippen molar-refractivity contribution in [2.45, 2.75) is 18.9 Å². The van der Waals surface area contributed by atoms with Gasteiger partial charge in [-0.1, -0.05) is 25.1 Å². The van der Waals surface area contributed by atoms with E-state index in [1.54, 1.807) is 26.1 Å². The Morgan fingerprint density at radius 3 is 2.34 bits per heavy atom. The molecule has 1 saturated heterocycles. The molecule has 3 rings (SSSR count). The lowest BCUT2D eigenvalue weighted by molar-refractivity contribution is -0.129. The summed E-state index contributed by atoms with van der Waals surface area (Å²) in [5, 5.41) is 3.26. The Bertz CT molecular complexity index is 1080. The lowest BCUT2D eigenvalue weighted by Gasteiger charge is -2.28. The van der Waals surface area contributed by atoms with Gasteiger partial charge >= 0.3 is 10.1 Å². The molecule has 0 saturated carbocycles. The third kappa shape index (κ3) is 4.01. The zero-order valence-corrected chi connectivity index (χ0v) is 18.8. The van der Waals surface area contributed by atoms with Gasteiger partial charge in [-0.3, -0.25) is 9.69 Å². The highest BCUT2D eigenvalue weighted by molar-refractivity contribution is 9.10. The zero-order valence-electron chi connectivity index (χ0n) is 15.6. The summed E-state index contributed by atoms with van der Waals surface area (Å²) in [6, 6.07) is 10.4. The summed E-state index contributed by atoms with van der Waals surface area (Å²) in [4.78, 5) is 14.5. The van der Waals surface area contributed by atoms with Crippen LogP contribution in [0.4, 0.5) is 4.39 Å². The summed E-state index contributed by atoms with van der Waals surface area (Å²) in [6.45, 7) is 1.74. The second-order valence-electron chi connectivity index (χ2n) is 6.54. The monoisotopic (exact) mass is 500 g/mol. The van der Waals surface area contributed by atoms with Gasteiger partial charge in [0.05, 0.1) is 10.2 Å². The first kappa shape index (κ1) is 21.7. The SMILES string of the molecule is CCCS(=O)(=O)Oc1ccc(C2(c3ccc(F)c(Br)c3)NC(=S)N(C)C2=O)cc1. The molecule has 1 fully saturated rings. The van der Waals surface area contributed by atoms with E-state index in [4.69, 9.17) is 16.4 Å². The van der Waals surface area contributed by atoms with E-state index in [2.05, 4.69) is 21.2 Å². The molecule has 1 N–H and O–H groups in total. The molecule has 0 bridgehead atoms. The van der Waals surface area contributed by atoms with Crippen LogP contribution in [0.5, 0.6) is 5.75 Å². The molecule has 1 unspecified atom stereocenters. The van der Waals surface area contributed by atoms with Gasteiger partial charge in [0.25, 0.3) is 5.91 Å². The van der Waals surface area contributed by atoms with E-state index in [9.17, 15) is 17.6 Å². The van der Waals surface area contributed by atoms with Crippen molar-refractivity contribution in [2.24, 2.45) is 0 Å². The lowest BCUT2D eigenvalue weighted by Crippen LogP contribution is -2.45. The van der Waals surface area contributed by atoms with Crippen molar-refractivity contribution in [2.75, 3.05) is 12.8 Å². The molecule has 29 heavy (non-hydrogen) atoms. The topological polar surface area (TPSA) is 75.7 Å². The van der Waals surface area contributed by atoms with Crippen molar-refractivity contribution >= 4 is 49.3 Å². The third-order valence-electron chi connectivity index (χ3n) is 4.54. The Morgan fingerprint density at radius 1 is 1.21 bits per heavy atom. The second kappa shape index (κ2) is 8.00. The largest absolute Gasteiger partial charge is 0.382 e. The van der Waals surface area contributed by atoms with Crippen LogP contribution in [0, 0.1) is 5.82 Å². The molecule has 10 heteroatoms. The molecule has 154 valence electrons. The van der Waals surface area contributed by atoms with Crippen LogP contribution >= 0.6 is 28.1 Å². The normalized spacial score (nSPS) is 19.4. The number of carbonyl (C=O) groups is 1. The Balaban J connectivity index is 2.08. The van der Waals surface area contributed by atoms with E-state index >= 15 is 0 Å². The van der Waals surface area contributed by atoms with Crippen LogP contribution in [0.3, 0.4) is 0 Å². The minimum Gasteiger partial charge on any atom is -0.382 e. The number of halogens is 2. The van der Waals surface area contributed by atoms with E-state index < -0.39 is 21.5 Å². The minimum absolute atomic E-state index is 0.0958. The average Bonchev–Trinajstić information content (AvgIpc) is 2.89. The van der Waals surface area contributed by atoms with Crippen LogP contribution in [-0.4, -0.2) is 37.1 Å². The fourth-order valence-electron chi connectivity index (χ4n) is 3.13. The van der Waals surface area contributed by atoms with Gasteiger partial charge in [0.15, 0.2) is 10.7 Å². The van der Waals surface area contributed by atoms with Crippen molar-refractivity contribution in [3.05, 3.63) is 63.9 Å². The molecule has 0 radical (unpaired) electrons. The fourth-order valence-corrected chi connectivity index (χ4v) is 4.73. The minimum atomic E-state index is -3.68. The molecule has 1 aliphatic heterocycles. The van der Waals surface area contributed by atoms with Crippen LogP contribution < -0.4 is 9.50 Å². The number of hydrogen-bond acceptors (Lipinski definition) is 5. The number of benzene rings is 2. The summed E-state index contributed by atoms with van der Waals surface area (Å²) in [5.74, 6) is -0.760. The standard InChI is InChI=1S/C19H18BrFN2O4S2/c1-3-10-29(25,26)27-14-7-4-12(5-8-14)19(17(24)23(2)18(28)22-19)13-6-9-16(21)15(20)11-13/h4-9,11H,3,10H2,1-2H3,(H,22,28). The predicted molar refractivity (Wildman–Crippen MR) is 115 cm³/mol. The first-order valence-electron chi connectivity index (χ1n) is 8.69. The highest BCUT2D eigenvalue weighted by Gasteiger charge is 2.51. The van der Waals surface area contributed by atoms with Crippen molar-refractivity contribution < 1.29 is 21.8 Å². The maximum Gasteiger partial charge on any atom is 0.309 e. The second-order valence-corrected chi connectivity index (χ2v) is 9.47. The summed E-state index contributed by atoms with van der Waals surface area (Å²) in [6.07, 6.45) is 0.436. The Hall–Kier alpha value is -2.04. The van der Waals surface area contributed by atoms with E-state index in [1.807, 2.05) is 0 Å². The maximum atomic E-state index is 13.8. The quantitative estimate of drug-likeness (QED) is 0.484. The number of thiocarbonyl (C=S) groups is 1. The van der Waals surface area contributed by atoms with Crippen LogP contribution in [0.2, 0.25) is 0 Å². The van der Waals surface area contributed by atoms with Gasteiger partial charge in [-0.05, 0) is 70.0 Å². The number of amides is 1. The van der Waals surface area contributed by atoms with Crippen LogP contribution in [0.1, 0.15) is 24.5 Å². The molecule has 2 aromatic rings. The van der Waals surface area contributed by atoms with Crippen LogP contribution in [-0.2, 0) is 20.5 Å². The van der Waals surface area contributed by atoms with Gasteiger partial charge in [0.2, 0.25) is 0 Å². The number of carbonyl (C=O) groups excluding carboxylic acids is 1. The Morgan fingerprint density at radius 2 is 1.83 bits per heavy atom. The number of likely N-dealkylation sites (N-methyl/N-ethyl adjacent to an activating group) is 1. The maximum absolute atomic E-state index is 13.8. The summed E-state index contributed by atoms with van der Waals surface area (Å²) in [7, 11) is -2.13. The molecule has 1 aliphatic rings. The molecule has 0 aromatic heterocycles. The number of hydrogen-bond donors (Lipinski definition) is 1. The molecular formula is C19H18BrFN2O4S2. The van der Waals surface area contributed by atoms with Gasteiger partial charge < -0.3 is 9.50 Å². The molecule has 0 aliphatic carbocycles. The number of rotatable bonds is 6. The summed E-state index contributed by atoms with van der Waals surface area (Å²) >= 11 is 8.41. The van der Waals surface area contributed by atoms with Crippen LogP contribution in [0.25, 0.3) is 0 Å². The number of nitrogens with one attached hydrogen (secondary N) is 1. The van der Waals surface area contributed by atoms with Gasteiger partial charge in [-0.25, -0.2) is 4.39 Å². The molecule has 1 amide bonds. The van der Waals surface area contributed by atoms with Crippen LogP contribution in [0.15, 0.2) is 46.9 Å². The van der Waals surface area contributed by atoms with Gasteiger partial charge in [0.1, 0.15) is 11.6 Å². The van der Waals surface area contributed by atoms with E-state index in [-0.39, 0.29) is 27.0 Å². The highest BCUT2D eigenvalue weighted by atomic mass is 79.9. The molecule has 6 nitrogen and oxygen atoms in total. The average molecular weight is 501 g/mol. The first-order chi connectivity index (χ1) is 13.6. The first-order valence-corrected chi connectivity index (χ1v) is 11.5. The zero-order chi connectivity index (χ0) is 21.4. The Labute approximate surface area is 182 Å². The summed E-state index contributed by atoms with van der Waals surface area (Å²) in [5.41, 5.74) is -0.384. The third-order valence-corrected chi connectivity index (χ3v) is 6.88. The van der Waals surface area contributed by atoms with Crippen molar-refractivity contribution in [3.8, 4) is 5.75 Å². The van der Waals surface area contributed by atoms with E-state index in [0.29, 0.717) is 17.5 Å². The van der Waals surface area contributed by atoms with Gasteiger partial charge in [0, 0.05) is 7.05 Å². The molecule has 0 spiro atoms. The van der Waals surface area contributed by atoms with Crippen molar-refractivity contribution in [1.82, 2.24) is 10.2 Å². The number of nitrogens with zero attached hydrogens (tertiary/aromatic N) is 1. The van der Waals surface area contributed by atoms with E-state index in [0.717, 1.165) is 0 Å². The van der Waals surface area contributed by atoms with Crippen molar-refractivity contribution in [3.63, 3.8) is 0 Å². The predicted octanol–water partition coefficient (Wildman–Crippen LogP) is 3.30. The molecule has 2 aromatic carbocycles. The molecular weight excluding hydrogens is 483 g/mol. The summed E-state index contributed by atoms with van der Waals surface area (Å²) < 4.78 is 42.8. The van der Waals surface area contributed by atoms with Gasteiger partial charge in [-0.2, -0.15) is 8.42 Å². The Kier molecular flexibility index (Phi) is 5.98.